The van der Waals surface area contributed by atoms with Crippen LogP contribution in [0.15, 0.2) is 66.2 Å². The minimum absolute atomic E-state index is 0.0279. The Kier molecular flexibility index (Phi) is 7.47. The summed E-state index contributed by atoms with van der Waals surface area (Å²) < 4.78 is 11.2. The summed E-state index contributed by atoms with van der Waals surface area (Å²) in [7, 11) is 1.41. The molecule has 3 aromatic carbocycles. The van der Waals surface area contributed by atoms with Crippen molar-refractivity contribution in [2.75, 3.05) is 12.0 Å². The maximum atomic E-state index is 13.1. The Morgan fingerprint density at radius 2 is 1.78 bits per heavy atom. The fraction of sp³-hybridized carbons (Fsp3) is 0.0769. The van der Waals surface area contributed by atoms with Gasteiger partial charge in [-0.2, -0.15) is 0 Å². The van der Waals surface area contributed by atoms with Crippen molar-refractivity contribution in [3.8, 4) is 11.5 Å². The van der Waals surface area contributed by atoms with Crippen LogP contribution in [0.3, 0.4) is 0 Å². The molecule has 1 heterocycles. The maximum absolute atomic E-state index is 13.1. The Bertz CT molecular complexity index is 1450. The van der Waals surface area contributed by atoms with Gasteiger partial charge in [-0.05, 0) is 65.7 Å². The molecule has 4 amide bonds. The van der Waals surface area contributed by atoms with Crippen molar-refractivity contribution in [2.24, 2.45) is 0 Å². The number of nitrogens with zero attached hydrogens (tertiary/aromatic N) is 1. The smallest absolute Gasteiger partial charge is 0.335 e. The lowest BCUT2D eigenvalue weighted by atomic mass is 10.1. The Labute approximate surface area is 220 Å². The second-order valence-corrected chi connectivity index (χ2v) is 8.61. The summed E-state index contributed by atoms with van der Waals surface area (Å²) in [6.45, 7) is 0.162. The van der Waals surface area contributed by atoms with Crippen LogP contribution in [0.5, 0.6) is 11.5 Å². The van der Waals surface area contributed by atoms with Crippen molar-refractivity contribution in [3.63, 3.8) is 0 Å². The zero-order chi connectivity index (χ0) is 26.7. The first-order chi connectivity index (χ1) is 17.7. The number of ether oxygens (including phenoxy) is 2. The van der Waals surface area contributed by atoms with Crippen LogP contribution in [-0.4, -0.2) is 36.0 Å². The second kappa shape index (κ2) is 10.7. The molecule has 188 valence electrons. The molecule has 3 aromatic rings. The molecule has 2 N–H and O–H groups in total. The van der Waals surface area contributed by atoms with Crippen molar-refractivity contribution >= 4 is 58.8 Å². The largest absolute Gasteiger partial charge is 0.493 e. The first kappa shape index (κ1) is 25.7. The van der Waals surface area contributed by atoms with E-state index in [0.29, 0.717) is 10.6 Å². The highest BCUT2D eigenvalue weighted by Crippen LogP contribution is 2.38. The van der Waals surface area contributed by atoms with Crippen LogP contribution in [-0.2, 0) is 16.2 Å². The molecular weight excluding hydrogens is 523 g/mol. The normalized spacial score (nSPS) is 14.5. The monoisotopic (exact) mass is 540 g/mol. The van der Waals surface area contributed by atoms with Crippen LogP contribution in [0.25, 0.3) is 6.08 Å². The molecule has 0 unspecified atom stereocenters. The average Bonchev–Trinajstić information content (AvgIpc) is 2.86. The third-order valence-electron chi connectivity index (χ3n) is 5.31. The van der Waals surface area contributed by atoms with E-state index in [0.717, 1.165) is 10.5 Å². The number of urea groups is 1. The van der Waals surface area contributed by atoms with Crippen LogP contribution in [0.4, 0.5) is 10.5 Å². The van der Waals surface area contributed by atoms with E-state index in [-0.39, 0.29) is 40.0 Å². The maximum Gasteiger partial charge on any atom is 0.335 e. The highest BCUT2D eigenvalue weighted by Gasteiger charge is 2.37. The van der Waals surface area contributed by atoms with Gasteiger partial charge in [0, 0.05) is 5.02 Å². The number of halogens is 2. The quantitative estimate of drug-likeness (QED) is 0.321. The van der Waals surface area contributed by atoms with Gasteiger partial charge in [0.2, 0.25) is 0 Å². The molecule has 0 aliphatic carbocycles. The molecule has 1 fully saturated rings. The topological polar surface area (TPSA) is 122 Å². The third kappa shape index (κ3) is 5.58. The number of aromatic carboxylic acids is 1. The second-order valence-electron chi connectivity index (χ2n) is 7.76. The lowest BCUT2D eigenvalue weighted by Gasteiger charge is -2.26. The molecular formula is C26H18Cl2N2O7. The fourth-order valence-corrected chi connectivity index (χ4v) is 4.04. The Morgan fingerprint density at radius 1 is 1.05 bits per heavy atom. The highest BCUT2D eigenvalue weighted by molar-refractivity contribution is 6.39. The molecule has 0 aromatic heterocycles. The fourth-order valence-electron chi connectivity index (χ4n) is 3.56. The molecule has 9 nitrogen and oxygen atoms in total. The highest BCUT2D eigenvalue weighted by atomic mass is 35.5. The molecule has 37 heavy (non-hydrogen) atoms. The molecule has 0 radical (unpaired) electrons. The lowest BCUT2D eigenvalue weighted by Crippen LogP contribution is -2.54. The summed E-state index contributed by atoms with van der Waals surface area (Å²) in [5, 5.41) is 11.9. The van der Waals surface area contributed by atoms with Crippen LogP contribution in [0, 0.1) is 0 Å². The van der Waals surface area contributed by atoms with Gasteiger partial charge in [0.15, 0.2) is 11.5 Å². The average molecular weight is 541 g/mol. The number of carbonyl (C=O) groups excluding carboxylic acids is 3. The number of rotatable bonds is 7. The molecule has 1 aliphatic rings. The van der Waals surface area contributed by atoms with Gasteiger partial charge in [-0.1, -0.05) is 35.3 Å². The van der Waals surface area contributed by atoms with Gasteiger partial charge in [-0.3, -0.25) is 14.9 Å². The minimum Gasteiger partial charge on any atom is -0.493 e. The summed E-state index contributed by atoms with van der Waals surface area (Å²) in [6, 6.07) is 14.2. The van der Waals surface area contributed by atoms with Crippen LogP contribution >= 0.6 is 23.2 Å². The van der Waals surface area contributed by atoms with Crippen molar-refractivity contribution in [3.05, 3.63) is 93.0 Å². The van der Waals surface area contributed by atoms with E-state index in [1.807, 2.05) is 6.07 Å². The van der Waals surface area contributed by atoms with Crippen molar-refractivity contribution < 1.29 is 33.8 Å². The van der Waals surface area contributed by atoms with Gasteiger partial charge in [0.1, 0.15) is 12.2 Å². The zero-order valence-corrected chi connectivity index (χ0v) is 20.7. The van der Waals surface area contributed by atoms with Crippen LogP contribution < -0.4 is 19.7 Å². The number of carbonyl (C=O) groups is 4. The van der Waals surface area contributed by atoms with Gasteiger partial charge in [0.05, 0.1) is 23.4 Å². The van der Waals surface area contributed by atoms with Gasteiger partial charge < -0.3 is 14.6 Å². The van der Waals surface area contributed by atoms with E-state index in [9.17, 15) is 19.2 Å². The van der Waals surface area contributed by atoms with E-state index in [1.165, 1.54) is 49.6 Å². The number of carboxylic acid groups (broad SMARTS) is 1. The number of imide groups is 2. The number of barbiturate groups is 1. The SMILES string of the molecule is COc1cc(/C=C2\C(=O)NC(=O)N(c3ccc(C(=O)O)cc3)C2=O)cc(Cl)c1OCc1cccc(Cl)c1. The third-order valence-corrected chi connectivity index (χ3v) is 5.82. The first-order valence-corrected chi connectivity index (χ1v) is 11.4. The van der Waals surface area contributed by atoms with Crippen molar-refractivity contribution in [2.45, 2.75) is 6.61 Å². The minimum atomic E-state index is -1.16. The Balaban J connectivity index is 1.63. The molecule has 4 rings (SSSR count). The lowest BCUT2D eigenvalue weighted by molar-refractivity contribution is -0.122. The van der Waals surface area contributed by atoms with Gasteiger partial charge in [-0.15, -0.1) is 0 Å². The van der Waals surface area contributed by atoms with Crippen molar-refractivity contribution in [1.29, 1.82) is 0 Å². The molecule has 0 spiro atoms. The molecule has 1 saturated heterocycles. The van der Waals surface area contributed by atoms with Crippen molar-refractivity contribution in [1.82, 2.24) is 5.32 Å². The van der Waals surface area contributed by atoms with Gasteiger partial charge in [0.25, 0.3) is 11.8 Å². The number of carboxylic acids is 1. The Morgan fingerprint density at radius 3 is 2.43 bits per heavy atom. The molecule has 0 bridgehead atoms. The number of benzene rings is 3. The predicted octanol–water partition coefficient (Wildman–Crippen LogP) is 4.95. The number of hydrogen-bond acceptors (Lipinski definition) is 6. The zero-order valence-electron chi connectivity index (χ0n) is 19.2. The summed E-state index contributed by atoms with van der Waals surface area (Å²) >= 11 is 12.4. The summed E-state index contributed by atoms with van der Waals surface area (Å²) in [5.74, 6) is -2.45. The van der Waals surface area contributed by atoms with E-state index in [1.54, 1.807) is 18.2 Å². The van der Waals surface area contributed by atoms with Gasteiger partial charge in [-0.25, -0.2) is 14.5 Å². The summed E-state index contributed by atoms with van der Waals surface area (Å²) in [5.41, 5.74) is 0.868. The van der Waals surface area contributed by atoms with Crippen LogP contribution in [0.2, 0.25) is 10.0 Å². The Hall–Kier alpha value is -4.34. The first-order valence-electron chi connectivity index (χ1n) is 10.7. The number of anilines is 1. The number of methoxy groups -OCH3 is 1. The van der Waals surface area contributed by atoms with E-state index in [2.05, 4.69) is 5.32 Å². The number of hydrogen-bond donors (Lipinski definition) is 2. The van der Waals surface area contributed by atoms with E-state index >= 15 is 0 Å². The predicted molar refractivity (Wildman–Crippen MR) is 136 cm³/mol. The van der Waals surface area contributed by atoms with Gasteiger partial charge >= 0.3 is 12.0 Å². The van der Waals surface area contributed by atoms with E-state index in [4.69, 9.17) is 37.8 Å². The van der Waals surface area contributed by atoms with Crippen LogP contribution in [0.1, 0.15) is 21.5 Å². The standard InChI is InChI=1S/C26H18Cl2N2O7/c1-36-21-12-15(11-20(28)22(21)37-13-14-3-2-4-17(27)9-14)10-19-23(31)29-26(35)30(24(19)32)18-7-5-16(6-8-18)25(33)34/h2-12H,13H2,1H3,(H,33,34)(H,29,31,35)/b19-10+. The number of nitrogens with one attached hydrogen (secondary N) is 1. The molecule has 11 heteroatoms. The molecule has 0 atom stereocenters. The number of amides is 4. The molecule has 0 saturated carbocycles. The summed E-state index contributed by atoms with van der Waals surface area (Å²) in [6.07, 6.45) is 1.26. The summed E-state index contributed by atoms with van der Waals surface area (Å²) in [4.78, 5) is 49.9. The van der Waals surface area contributed by atoms with E-state index < -0.39 is 23.8 Å². The molecule has 1 aliphatic heterocycles.